The van der Waals surface area contributed by atoms with Crippen molar-refractivity contribution in [3.8, 4) is 0 Å². The molecule has 60 unspecified atom stereocenters. The van der Waals surface area contributed by atoms with Gasteiger partial charge in [-0.3, -0.25) is 0 Å². The largest absolute Gasteiger partial charge is 0.0620 e. The minimum Gasteiger partial charge on any atom is -0.0620 e. The highest BCUT2D eigenvalue weighted by Gasteiger charge is 2.67. The van der Waals surface area contributed by atoms with E-state index in [0.29, 0.717) is 0 Å². The lowest BCUT2D eigenvalue weighted by Gasteiger charge is -2.60. The number of fused-ring (bicyclic) bond motifs is 9. The van der Waals surface area contributed by atoms with Gasteiger partial charge in [0.25, 0.3) is 0 Å². The Morgan fingerprint density at radius 2 is 0.0746 bits per heavy atom. The lowest BCUT2D eigenvalue weighted by Crippen LogP contribution is -2.55. The van der Waals surface area contributed by atoms with Crippen LogP contribution >= 0.6 is 0 Å². The fourth-order valence-corrected chi connectivity index (χ4v) is 43.9. The summed E-state index contributed by atoms with van der Waals surface area (Å²) in [6.45, 7) is 146. The molecule has 17 saturated carbocycles. The molecule has 0 aromatic heterocycles. The molecule has 0 amide bonds. The first-order valence-corrected chi connectivity index (χ1v) is 61.8. The van der Waals surface area contributed by atoms with Gasteiger partial charge in [0.2, 0.25) is 0 Å². The predicted octanol–water partition coefficient (Wildman–Crippen LogP) is 39.1. The van der Waals surface area contributed by atoms with Gasteiger partial charge in [-0.25, -0.2) is 0 Å². The highest BCUT2D eigenvalue weighted by atomic mass is 14.7. The fourth-order valence-electron chi connectivity index (χ4n) is 43.9. The van der Waals surface area contributed by atoms with Gasteiger partial charge in [0.15, 0.2) is 0 Å². The Morgan fingerprint density at radius 3 is 0.157 bits per heavy atom. The zero-order valence-corrected chi connectivity index (χ0v) is 102. The molecule has 0 aromatic rings. The molecule has 134 heavy (non-hydrogen) atoms. The topological polar surface area (TPSA) is 0 Å². The smallest absolute Gasteiger partial charge is 0.0313 e. The van der Waals surface area contributed by atoms with E-state index >= 15 is 0 Å². The van der Waals surface area contributed by atoms with Crippen LogP contribution in [0, 0.1) is 450 Å². The van der Waals surface area contributed by atoms with Crippen molar-refractivity contribution in [2.45, 2.75) is 402 Å². The molecule has 0 heterocycles. The minimum atomic E-state index is 0.897. The van der Waals surface area contributed by atoms with Crippen LogP contribution in [0.5, 0.6) is 0 Å². The molecular weight excluding hydrogens is 1610 g/mol. The third kappa shape index (κ3) is 19.6. The molecule has 60 atom stereocenters. The Hall–Kier alpha value is 0. The predicted molar refractivity (Wildman–Crippen MR) is 594 cm³/mol. The Morgan fingerprint density at radius 1 is 0.0373 bits per heavy atom. The first kappa shape index (κ1) is 116. The SMILES string of the molecule is CC1C(C)C(C)C(C)C(C)C1C.CC1C(C)C(C)C(C)C1C.CC1C(C)C(C)C2C(C)C(C)C(C)C2C1C.CC1C(C)C(C)C2C(C)C(C)C(C)C2C1C.CC1C(C)C(C)C2C(C)C(C)C(C)C2C1C.CC1C(C)C(C)C2C(C1C)C(C)C(C)C1C(C)C(C)C(C)C12.CC1C(C)C(C)C2C(C1C)C(C)C(C)C1C(C)C(C)C(C)C12.CC1C(C)C2C(C)C(C)C(C)C3C(C)C(C)C(C1C)C23. The molecule has 17 fully saturated rings. The summed E-state index contributed by atoms with van der Waals surface area (Å²) >= 11 is 0. The second-order valence-corrected chi connectivity index (χ2v) is 60.2. The second kappa shape index (κ2) is 44.6. The molecule has 0 spiro atoms. The maximum atomic E-state index is 2.60. The van der Waals surface area contributed by atoms with Crippen LogP contribution in [0.4, 0.5) is 0 Å². The van der Waals surface area contributed by atoms with Crippen molar-refractivity contribution in [3.63, 3.8) is 0 Å². The van der Waals surface area contributed by atoms with Gasteiger partial charge in [-0.15, -0.1) is 0 Å². The van der Waals surface area contributed by atoms with Crippen molar-refractivity contribution in [2.75, 3.05) is 0 Å². The third-order valence-electron chi connectivity index (χ3n) is 59.2. The Balaban J connectivity index is 0.000000160. The first-order valence-electron chi connectivity index (χ1n) is 61.8. The number of rotatable bonds is 0. The molecule has 0 N–H and O–H groups in total. The Kier molecular flexibility index (Phi) is 38.6. The van der Waals surface area contributed by atoms with Crippen molar-refractivity contribution < 1.29 is 0 Å². The fraction of sp³-hybridized carbons (Fsp3) is 1.00. The molecular formula is C134H250. The van der Waals surface area contributed by atoms with Crippen LogP contribution in [0.15, 0.2) is 0 Å². The van der Waals surface area contributed by atoms with Gasteiger partial charge in [0, 0.05) is 0 Å². The molecule has 786 valence electrons. The molecule has 0 heteroatoms. The molecule has 0 nitrogen and oxygen atoms in total. The van der Waals surface area contributed by atoms with Crippen molar-refractivity contribution in [2.24, 2.45) is 450 Å². The monoisotopic (exact) mass is 1860 g/mol. The average molecular weight is 1860 g/mol. The molecule has 17 aliphatic carbocycles. The third-order valence-corrected chi connectivity index (χ3v) is 59.2. The van der Waals surface area contributed by atoms with Gasteiger partial charge in [0.05, 0.1) is 0 Å². The van der Waals surface area contributed by atoms with E-state index in [-0.39, 0.29) is 0 Å². The van der Waals surface area contributed by atoms with E-state index in [4.69, 9.17) is 0 Å². The number of hydrogen-bond acceptors (Lipinski definition) is 0. The molecule has 17 aliphatic rings. The highest BCUT2D eigenvalue weighted by Crippen LogP contribution is 2.72. The second-order valence-electron chi connectivity index (χ2n) is 60.2. The zero-order chi connectivity index (χ0) is 102. The summed E-state index contributed by atoms with van der Waals surface area (Å²) in [6, 6.07) is 0. The van der Waals surface area contributed by atoms with Crippen molar-refractivity contribution >= 4 is 0 Å². The van der Waals surface area contributed by atoms with Crippen LogP contribution < -0.4 is 0 Å². The molecule has 17 rings (SSSR count). The maximum absolute atomic E-state index is 2.60. The van der Waals surface area contributed by atoms with Gasteiger partial charge in [0.1, 0.15) is 0 Å². The summed E-state index contributed by atoms with van der Waals surface area (Å²) in [5, 5.41) is 0. The van der Waals surface area contributed by atoms with Gasteiger partial charge < -0.3 is 0 Å². The van der Waals surface area contributed by atoms with E-state index in [1.807, 2.05) is 0 Å². The first-order chi connectivity index (χ1) is 61.8. The Bertz CT molecular complexity index is 3150. The van der Waals surface area contributed by atoms with E-state index in [1.54, 1.807) is 0 Å². The number of hydrogen-bond donors (Lipinski definition) is 0. The van der Waals surface area contributed by atoms with E-state index in [2.05, 4.69) is 402 Å². The van der Waals surface area contributed by atoms with Crippen LogP contribution in [-0.2, 0) is 0 Å². The molecule has 0 aromatic carbocycles. The molecule has 0 saturated heterocycles. The highest BCUT2D eigenvalue weighted by molar-refractivity contribution is 5.14. The normalized spacial score (nSPS) is 62.6. The van der Waals surface area contributed by atoms with E-state index in [1.165, 1.54) is 0 Å². The summed E-state index contributed by atoms with van der Waals surface area (Å²) in [5.41, 5.74) is 0. The quantitative estimate of drug-likeness (QED) is 0.227. The van der Waals surface area contributed by atoms with Gasteiger partial charge in [-0.1, -0.05) is 402 Å². The van der Waals surface area contributed by atoms with Gasteiger partial charge >= 0.3 is 0 Å². The van der Waals surface area contributed by atoms with E-state index in [0.717, 1.165) is 450 Å². The van der Waals surface area contributed by atoms with Crippen molar-refractivity contribution in [1.82, 2.24) is 0 Å². The minimum absolute atomic E-state index is 0.897. The average Bonchev–Trinajstić information content (AvgIpc) is 1.52. The zero-order valence-electron chi connectivity index (χ0n) is 102. The van der Waals surface area contributed by atoms with Crippen LogP contribution in [0.3, 0.4) is 0 Å². The maximum Gasteiger partial charge on any atom is -0.0313 e. The lowest BCUT2D eigenvalue weighted by molar-refractivity contribution is -0.121. The lowest BCUT2D eigenvalue weighted by atomic mass is 9.45. The van der Waals surface area contributed by atoms with Crippen LogP contribution in [0.2, 0.25) is 0 Å². The van der Waals surface area contributed by atoms with E-state index < -0.39 is 0 Å². The van der Waals surface area contributed by atoms with Gasteiger partial charge in [-0.2, -0.15) is 0 Å². The summed E-state index contributed by atoms with van der Waals surface area (Å²) in [7, 11) is 0. The Labute approximate surface area is 845 Å². The van der Waals surface area contributed by atoms with Crippen LogP contribution in [0.25, 0.3) is 0 Å². The van der Waals surface area contributed by atoms with Crippen LogP contribution in [-0.4, -0.2) is 0 Å². The molecule has 0 bridgehead atoms. The molecule has 0 aliphatic heterocycles. The van der Waals surface area contributed by atoms with E-state index in [9.17, 15) is 0 Å². The summed E-state index contributed by atoms with van der Waals surface area (Å²) in [6.07, 6.45) is 0. The van der Waals surface area contributed by atoms with Gasteiger partial charge in [-0.05, 0) is 450 Å². The van der Waals surface area contributed by atoms with Crippen molar-refractivity contribution in [1.29, 1.82) is 0 Å². The van der Waals surface area contributed by atoms with Crippen molar-refractivity contribution in [3.05, 3.63) is 0 Å². The standard InChI is InChI=1S/2C22H40.C20H36.3C16H30.C12H24.C10H20/c2*1-10-11(2)15(6)21-19(13(10)4)17(8)18(9)20-14(5)12(3)16(7)22(20)21;1-9-11(3)17-12(4)10(2)14(6)19-16(8)15(7)18(13(9)5)20(17)19;3*1-8-9(2)12(5)16-14(7)10(3)13(6)15(16)11(8)4;1-7-8(2)10(4)12(6)11(5)9(7)3;1-6-7(2)9(4)10(5)8(6)3/h2*10-22H,1-9H3;9-20H,1-8H3;3*8-16H,1-7H3;7-12H,1-6H3;6-10H,1-5H3. The summed E-state index contributed by atoms with van der Waals surface area (Å²) < 4.78 is 0. The summed E-state index contributed by atoms with van der Waals surface area (Å²) in [5.74, 6) is 71.3. The molecule has 0 radical (unpaired) electrons. The van der Waals surface area contributed by atoms with Crippen LogP contribution in [0.1, 0.15) is 402 Å². The summed E-state index contributed by atoms with van der Waals surface area (Å²) in [4.78, 5) is 0.